The number of fused-ring (bicyclic) bond motifs is 1. The number of nitrogens with zero attached hydrogens (tertiary/aromatic N) is 3. The Morgan fingerprint density at radius 2 is 2.27 bits per heavy atom. The van der Waals surface area contributed by atoms with Crippen LogP contribution in [0.3, 0.4) is 0 Å². The summed E-state index contributed by atoms with van der Waals surface area (Å²) in [5.41, 5.74) is 0.614. The molecule has 0 aromatic carbocycles. The third-order valence-electron chi connectivity index (χ3n) is 5.93. The van der Waals surface area contributed by atoms with Gasteiger partial charge in [0.1, 0.15) is 0 Å². The Labute approximate surface area is 153 Å². The van der Waals surface area contributed by atoms with Crippen molar-refractivity contribution in [3.63, 3.8) is 0 Å². The van der Waals surface area contributed by atoms with E-state index in [1.807, 2.05) is 4.90 Å². The highest BCUT2D eigenvalue weighted by atomic mass is 32.1. The van der Waals surface area contributed by atoms with Gasteiger partial charge in [0.2, 0.25) is 0 Å². The fraction of sp³-hybridized carbons (Fsp3) is 0.812. The van der Waals surface area contributed by atoms with Crippen LogP contribution < -0.4 is 5.32 Å². The van der Waals surface area contributed by atoms with Crippen LogP contribution in [0, 0.1) is 18.8 Å². The first-order valence-electron chi connectivity index (χ1n) is 8.82. The van der Waals surface area contributed by atoms with Gasteiger partial charge in [-0.2, -0.15) is 21.9 Å². The summed E-state index contributed by atoms with van der Waals surface area (Å²) >= 11 is 1.00. The highest BCUT2D eigenvalue weighted by Crippen LogP contribution is 2.54. The molecule has 6 nitrogen and oxygen atoms in total. The van der Waals surface area contributed by atoms with E-state index < -0.39 is 12.6 Å². The monoisotopic (exact) mass is 390 g/mol. The molecule has 3 aliphatic rings. The van der Waals surface area contributed by atoms with E-state index in [1.54, 1.807) is 6.92 Å². The lowest BCUT2D eigenvalue weighted by atomic mass is 9.73. The summed E-state index contributed by atoms with van der Waals surface area (Å²) in [7, 11) is 0. The van der Waals surface area contributed by atoms with Crippen molar-refractivity contribution in [1.82, 2.24) is 19.0 Å². The number of halogens is 3. The van der Waals surface area contributed by atoms with E-state index in [0.717, 1.165) is 24.6 Å². The number of hydrogen-bond acceptors (Lipinski definition) is 6. The fourth-order valence-electron chi connectivity index (χ4n) is 4.75. The molecule has 3 fully saturated rings. The van der Waals surface area contributed by atoms with Gasteiger partial charge in [-0.05, 0) is 19.8 Å². The van der Waals surface area contributed by atoms with Gasteiger partial charge in [-0.25, -0.2) is 0 Å². The average molecular weight is 390 g/mol. The normalized spacial score (nSPS) is 33.6. The lowest BCUT2D eigenvalue weighted by Crippen LogP contribution is -2.42. The van der Waals surface area contributed by atoms with Crippen LogP contribution in [0.2, 0.25) is 0 Å². The van der Waals surface area contributed by atoms with Crippen molar-refractivity contribution in [2.75, 3.05) is 26.2 Å². The summed E-state index contributed by atoms with van der Waals surface area (Å²) in [6, 6.07) is 0. The number of rotatable bonds is 5. The predicted molar refractivity (Wildman–Crippen MR) is 87.9 cm³/mol. The number of amides is 1. The minimum atomic E-state index is -4.14. The first kappa shape index (κ1) is 18.1. The Kier molecular flexibility index (Phi) is 4.47. The van der Waals surface area contributed by atoms with Gasteiger partial charge in [0, 0.05) is 38.0 Å². The van der Waals surface area contributed by atoms with Crippen LogP contribution in [-0.2, 0) is 4.74 Å². The van der Waals surface area contributed by atoms with Gasteiger partial charge in [-0.1, -0.05) is 0 Å². The SMILES string of the molecule is Cc1nsnc1C(=O)NC[C@H]1[C@H]2CN(CCC(F)(F)F)C[C@]23CC[C@H]1O3. The summed E-state index contributed by atoms with van der Waals surface area (Å²) in [6.07, 6.45) is -3.05. The molecule has 3 aliphatic heterocycles. The van der Waals surface area contributed by atoms with Gasteiger partial charge >= 0.3 is 6.18 Å². The van der Waals surface area contributed by atoms with E-state index in [2.05, 4.69) is 14.1 Å². The van der Waals surface area contributed by atoms with Crippen LogP contribution in [-0.4, -0.2) is 63.6 Å². The second-order valence-corrected chi connectivity index (χ2v) is 8.07. The molecule has 144 valence electrons. The lowest BCUT2D eigenvalue weighted by Gasteiger charge is -2.29. The molecule has 0 unspecified atom stereocenters. The van der Waals surface area contributed by atoms with E-state index in [4.69, 9.17) is 4.74 Å². The van der Waals surface area contributed by atoms with Gasteiger partial charge in [0.15, 0.2) is 5.69 Å². The molecule has 3 saturated heterocycles. The average Bonchev–Trinajstić information content (AvgIpc) is 3.29. The zero-order chi connectivity index (χ0) is 18.5. The standard InChI is InChI=1S/C16H21F3N4O2S/c1-9-13(22-26-21-9)14(24)20-6-10-11-7-23(5-4-16(17,18)19)8-15(11)3-2-12(10)25-15/h10-12H,2-8H2,1H3,(H,20,24)/t10-,11+,12+,15+/m0/s1. The Morgan fingerprint density at radius 3 is 2.96 bits per heavy atom. The lowest BCUT2D eigenvalue weighted by molar-refractivity contribution is -0.138. The van der Waals surface area contributed by atoms with Crippen molar-refractivity contribution in [2.45, 2.75) is 44.1 Å². The highest BCUT2D eigenvalue weighted by Gasteiger charge is 2.62. The first-order chi connectivity index (χ1) is 12.3. The molecular formula is C16H21F3N4O2S. The Morgan fingerprint density at radius 1 is 1.46 bits per heavy atom. The van der Waals surface area contributed by atoms with Crippen LogP contribution in [0.5, 0.6) is 0 Å². The van der Waals surface area contributed by atoms with E-state index >= 15 is 0 Å². The number of carbonyl (C=O) groups is 1. The Bertz CT molecular complexity index is 697. The van der Waals surface area contributed by atoms with E-state index in [0.29, 0.717) is 31.0 Å². The van der Waals surface area contributed by atoms with Crippen molar-refractivity contribution < 1.29 is 22.7 Å². The largest absolute Gasteiger partial charge is 0.390 e. The molecule has 1 aromatic rings. The molecule has 1 spiro atoms. The van der Waals surface area contributed by atoms with E-state index in [1.165, 1.54) is 0 Å². The molecule has 1 aromatic heterocycles. The molecule has 0 radical (unpaired) electrons. The molecule has 4 atom stereocenters. The third kappa shape index (κ3) is 3.22. The minimum absolute atomic E-state index is 0.0124. The van der Waals surface area contributed by atoms with Crippen molar-refractivity contribution in [1.29, 1.82) is 0 Å². The quantitative estimate of drug-likeness (QED) is 0.833. The number of likely N-dealkylation sites (tertiary alicyclic amines) is 1. The summed E-state index contributed by atoms with van der Waals surface area (Å²) in [4.78, 5) is 14.1. The number of aryl methyl sites for hydroxylation is 1. The molecule has 10 heteroatoms. The van der Waals surface area contributed by atoms with Gasteiger partial charge in [0.25, 0.3) is 5.91 Å². The van der Waals surface area contributed by atoms with Crippen molar-refractivity contribution in [3.8, 4) is 0 Å². The molecule has 4 heterocycles. The van der Waals surface area contributed by atoms with Gasteiger partial charge in [-0.15, -0.1) is 0 Å². The molecule has 2 bridgehead atoms. The number of aromatic nitrogens is 2. The topological polar surface area (TPSA) is 67.4 Å². The Balaban J connectivity index is 1.38. The van der Waals surface area contributed by atoms with E-state index in [-0.39, 0.29) is 36.0 Å². The molecule has 0 aliphatic carbocycles. The van der Waals surface area contributed by atoms with Gasteiger partial charge in [0.05, 0.1) is 35.5 Å². The second kappa shape index (κ2) is 6.42. The highest BCUT2D eigenvalue weighted by molar-refractivity contribution is 6.99. The van der Waals surface area contributed by atoms with Gasteiger partial charge < -0.3 is 10.1 Å². The molecule has 0 saturated carbocycles. The Hall–Kier alpha value is -1.26. The summed E-state index contributed by atoms with van der Waals surface area (Å²) in [5.74, 6) is 0.0555. The smallest absolute Gasteiger partial charge is 0.370 e. The maximum atomic E-state index is 12.5. The number of nitrogens with one attached hydrogen (secondary N) is 1. The summed E-state index contributed by atoms with van der Waals surface area (Å²) in [5, 5.41) is 2.92. The maximum absolute atomic E-state index is 12.5. The van der Waals surface area contributed by atoms with Crippen LogP contribution in [0.4, 0.5) is 13.2 Å². The molecule has 26 heavy (non-hydrogen) atoms. The molecule has 4 rings (SSSR count). The number of hydrogen-bond donors (Lipinski definition) is 1. The van der Waals surface area contributed by atoms with Crippen molar-refractivity contribution >= 4 is 17.6 Å². The maximum Gasteiger partial charge on any atom is 0.390 e. The number of ether oxygens (including phenoxy) is 1. The summed E-state index contributed by atoms with van der Waals surface area (Å²) < 4.78 is 51.8. The number of carbonyl (C=O) groups excluding carboxylic acids is 1. The van der Waals surface area contributed by atoms with Crippen molar-refractivity contribution in [3.05, 3.63) is 11.4 Å². The molecular weight excluding hydrogens is 369 g/mol. The third-order valence-corrected chi connectivity index (χ3v) is 6.55. The molecule has 1 amide bonds. The van der Waals surface area contributed by atoms with Crippen LogP contribution in [0.15, 0.2) is 0 Å². The molecule has 1 N–H and O–H groups in total. The second-order valence-electron chi connectivity index (χ2n) is 7.54. The van der Waals surface area contributed by atoms with E-state index in [9.17, 15) is 18.0 Å². The number of alkyl halides is 3. The minimum Gasteiger partial charge on any atom is -0.370 e. The van der Waals surface area contributed by atoms with Crippen LogP contribution >= 0.6 is 11.7 Å². The van der Waals surface area contributed by atoms with Crippen LogP contribution in [0.1, 0.15) is 35.4 Å². The van der Waals surface area contributed by atoms with Crippen LogP contribution in [0.25, 0.3) is 0 Å². The first-order valence-corrected chi connectivity index (χ1v) is 9.55. The predicted octanol–water partition coefficient (Wildman–Crippen LogP) is 2.01. The summed E-state index contributed by atoms with van der Waals surface area (Å²) in [6.45, 7) is 3.37. The van der Waals surface area contributed by atoms with Gasteiger partial charge in [-0.3, -0.25) is 9.69 Å². The zero-order valence-corrected chi connectivity index (χ0v) is 15.2. The zero-order valence-electron chi connectivity index (χ0n) is 14.4. The fourth-order valence-corrected chi connectivity index (χ4v) is 5.29. The van der Waals surface area contributed by atoms with Crippen molar-refractivity contribution in [2.24, 2.45) is 11.8 Å².